The number of carbonyl (C=O) groups excluding carboxylic acids is 2. The number of nitrogens with zero attached hydrogens (tertiary/aromatic N) is 1. The molecule has 0 unspecified atom stereocenters. The Balaban J connectivity index is 1.50. The third kappa shape index (κ3) is 4.60. The van der Waals surface area contributed by atoms with Crippen LogP contribution in [0.25, 0.3) is 0 Å². The van der Waals surface area contributed by atoms with Crippen LogP contribution < -0.4 is 5.32 Å². The fraction of sp³-hybridized carbons (Fsp3) is 0.600. The highest BCUT2D eigenvalue weighted by molar-refractivity contribution is 5.81. The van der Waals surface area contributed by atoms with Crippen molar-refractivity contribution in [3.63, 3.8) is 0 Å². The van der Waals surface area contributed by atoms with Gasteiger partial charge in [0.15, 0.2) is 0 Å². The number of hydrogen-bond donors (Lipinski definition) is 1. The lowest BCUT2D eigenvalue weighted by atomic mass is 10.0. The van der Waals surface area contributed by atoms with E-state index in [4.69, 9.17) is 4.74 Å². The van der Waals surface area contributed by atoms with Gasteiger partial charge in [0.2, 0.25) is 11.8 Å². The van der Waals surface area contributed by atoms with Crippen molar-refractivity contribution in [3.8, 4) is 0 Å². The van der Waals surface area contributed by atoms with Crippen molar-refractivity contribution in [2.24, 2.45) is 5.92 Å². The Morgan fingerprint density at radius 1 is 1.28 bits per heavy atom. The Hall–Kier alpha value is -1.88. The summed E-state index contributed by atoms with van der Waals surface area (Å²) in [7, 11) is 0. The van der Waals surface area contributed by atoms with Crippen molar-refractivity contribution < 1.29 is 14.3 Å². The predicted octanol–water partition coefficient (Wildman–Crippen LogP) is 2.59. The molecule has 2 aliphatic rings. The van der Waals surface area contributed by atoms with Gasteiger partial charge in [-0.15, -0.1) is 0 Å². The third-order valence-electron chi connectivity index (χ3n) is 5.10. The van der Waals surface area contributed by atoms with E-state index in [1.54, 1.807) is 0 Å². The monoisotopic (exact) mass is 344 g/mol. The molecule has 0 bridgehead atoms. The lowest BCUT2D eigenvalue weighted by molar-refractivity contribution is -0.144. The van der Waals surface area contributed by atoms with Crippen LogP contribution in [0.3, 0.4) is 0 Å². The Labute approximate surface area is 149 Å². The number of carbonyl (C=O) groups is 2. The van der Waals surface area contributed by atoms with Gasteiger partial charge in [0.05, 0.1) is 19.2 Å². The van der Waals surface area contributed by atoms with Gasteiger partial charge in [0, 0.05) is 18.9 Å². The number of aryl methyl sites for hydroxylation is 1. The second-order valence-electron chi connectivity index (χ2n) is 7.24. The minimum atomic E-state index is -0.0593. The van der Waals surface area contributed by atoms with E-state index in [0.717, 1.165) is 18.4 Å². The summed E-state index contributed by atoms with van der Waals surface area (Å²) in [5.41, 5.74) is 2.35. The third-order valence-corrected chi connectivity index (χ3v) is 5.10. The van der Waals surface area contributed by atoms with Crippen LogP contribution in [-0.4, -0.2) is 42.5 Å². The summed E-state index contributed by atoms with van der Waals surface area (Å²) < 4.78 is 5.98. The first-order chi connectivity index (χ1) is 12.1. The van der Waals surface area contributed by atoms with Crippen LogP contribution in [0.15, 0.2) is 24.3 Å². The van der Waals surface area contributed by atoms with Gasteiger partial charge >= 0.3 is 0 Å². The summed E-state index contributed by atoms with van der Waals surface area (Å²) in [4.78, 5) is 26.2. The molecule has 5 heteroatoms. The van der Waals surface area contributed by atoms with E-state index in [1.807, 2.05) is 24.0 Å². The zero-order chi connectivity index (χ0) is 17.8. The van der Waals surface area contributed by atoms with Gasteiger partial charge in [-0.25, -0.2) is 0 Å². The van der Waals surface area contributed by atoms with Crippen LogP contribution >= 0.6 is 0 Å². The van der Waals surface area contributed by atoms with Gasteiger partial charge in [-0.05, 0) is 44.2 Å². The van der Waals surface area contributed by atoms with Crippen molar-refractivity contribution in [3.05, 3.63) is 35.4 Å². The molecule has 5 nitrogen and oxygen atoms in total. The summed E-state index contributed by atoms with van der Waals surface area (Å²) in [6.45, 7) is 5.84. The molecule has 0 spiro atoms. The summed E-state index contributed by atoms with van der Waals surface area (Å²) in [5.74, 6) is 0.520. The van der Waals surface area contributed by atoms with E-state index >= 15 is 0 Å². The number of hydrogen-bond acceptors (Lipinski definition) is 3. The highest BCUT2D eigenvalue weighted by Crippen LogP contribution is 2.29. The molecule has 1 aliphatic heterocycles. The Morgan fingerprint density at radius 3 is 2.76 bits per heavy atom. The van der Waals surface area contributed by atoms with Crippen molar-refractivity contribution in [2.45, 2.75) is 51.7 Å². The first-order valence-corrected chi connectivity index (χ1v) is 9.30. The molecular formula is C20H28N2O3. The van der Waals surface area contributed by atoms with Crippen LogP contribution in [0.5, 0.6) is 0 Å². The van der Waals surface area contributed by atoms with Gasteiger partial charge < -0.3 is 15.0 Å². The largest absolute Gasteiger partial charge is 0.370 e. The number of benzene rings is 1. The molecule has 1 aromatic rings. The normalized spacial score (nSPS) is 23.4. The van der Waals surface area contributed by atoms with Crippen molar-refractivity contribution in [1.29, 1.82) is 0 Å². The summed E-state index contributed by atoms with van der Waals surface area (Å²) in [5, 5.41) is 2.92. The summed E-state index contributed by atoms with van der Waals surface area (Å²) in [6, 6.07) is 8.27. The molecule has 3 rings (SSSR count). The minimum Gasteiger partial charge on any atom is -0.370 e. The fourth-order valence-electron chi connectivity index (χ4n) is 3.33. The topological polar surface area (TPSA) is 58.6 Å². The minimum absolute atomic E-state index is 0.0593. The lowest BCUT2D eigenvalue weighted by Crippen LogP contribution is -2.48. The van der Waals surface area contributed by atoms with Crippen molar-refractivity contribution >= 4 is 11.8 Å². The number of morpholine rings is 1. The van der Waals surface area contributed by atoms with E-state index in [0.29, 0.717) is 32.5 Å². The SMILES string of the molecule is Cc1ccccc1[C@H]1CN(C(=O)CCCNC(=O)C2CC2)[C@H](C)CO1. The van der Waals surface area contributed by atoms with Gasteiger partial charge in [0.25, 0.3) is 0 Å². The molecule has 1 heterocycles. The maximum atomic E-state index is 12.6. The number of ether oxygens (including phenoxy) is 1. The molecular weight excluding hydrogens is 316 g/mol. The molecule has 136 valence electrons. The van der Waals surface area contributed by atoms with Crippen LogP contribution in [0.2, 0.25) is 0 Å². The van der Waals surface area contributed by atoms with Crippen LogP contribution in [-0.2, 0) is 14.3 Å². The van der Waals surface area contributed by atoms with Crippen LogP contribution in [0.1, 0.15) is 49.8 Å². The van der Waals surface area contributed by atoms with E-state index in [9.17, 15) is 9.59 Å². The molecule has 1 aliphatic carbocycles. The molecule has 1 aromatic carbocycles. The van der Waals surface area contributed by atoms with Gasteiger partial charge in [-0.3, -0.25) is 9.59 Å². The van der Waals surface area contributed by atoms with Gasteiger partial charge in [0.1, 0.15) is 6.10 Å². The van der Waals surface area contributed by atoms with E-state index in [2.05, 4.69) is 24.4 Å². The number of amides is 2. The molecule has 1 saturated carbocycles. The first-order valence-electron chi connectivity index (χ1n) is 9.30. The van der Waals surface area contributed by atoms with Crippen molar-refractivity contribution in [1.82, 2.24) is 10.2 Å². The maximum Gasteiger partial charge on any atom is 0.223 e. The van der Waals surface area contributed by atoms with E-state index in [1.165, 1.54) is 5.56 Å². The molecule has 25 heavy (non-hydrogen) atoms. The highest BCUT2D eigenvalue weighted by atomic mass is 16.5. The molecule has 0 aromatic heterocycles. The fourth-order valence-corrected chi connectivity index (χ4v) is 3.33. The molecule has 0 radical (unpaired) electrons. The smallest absolute Gasteiger partial charge is 0.223 e. The standard InChI is InChI=1S/C20H28N2O3/c1-14-6-3-4-7-17(14)18-12-22(15(2)13-25-18)19(23)8-5-11-21-20(24)16-9-10-16/h3-4,6-7,15-16,18H,5,8-13H2,1-2H3,(H,21,24)/t15-,18-/m1/s1. The summed E-state index contributed by atoms with van der Waals surface area (Å²) in [6.07, 6.45) is 3.12. The highest BCUT2D eigenvalue weighted by Gasteiger charge is 2.31. The first kappa shape index (κ1) is 17.9. The Bertz CT molecular complexity index is 627. The average Bonchev–Trinajstić information content (AvgIpc) is 3.44. The van der Waals surface area contributed by atoms with E-state index < -0.39 is 0 Å². The van der Waals surface area contributed by atoms with Crippen LogP contribution in [0.4, 0.5) is 0 Å². The zero-order valence-corrected chi connectivity index (χ0v) is 15.2. The van der Waals surface area contributed by atoms with Gasteiger partial charge in [-0.1, -0.05) is 24.3 Å². The average molecular weight is 344 g/mol. The van der Waals surface area contributed by atoms with Crippen LogP contribution in [0, 0.1) is 12.8 Å². The Kier molecular flexibility index (Phi) is 5.74. The molecule has 2 fully saturated rings. The quantitative estimate of drug-likeness (QED) is 0.807. The molecule has 1 saturated heterocycles. The van der Waals surface area contributed by atoms with E-state index in [-0.39, 0.29) is 29.9 Å². The summed E-state index contributed by atoms with van der Waals surface area (Å²) >= 11 is 0. The van der Waals surface area contributed by atoms with Crippen molar-refractivity contribution in [2.75, 3.05) is 19.7 Å². The second kappa shape index (κ2) is 8.00. The lowest BCUT2D eigenvalue weighted by Gasteiger charge is -2.38. The molecule has 1 N–H and O–H groups in total. The number of nitrogens with one attached hydrogen (secondary N) is 1. The molecule has 2 amide bonds. The molecule has 2 atom stereocenters. The zero-order valence-electron chi connectivity index (χ0n) is 15.2. The maximum absolute atomic E-state index is 12.6. The second-order valence-corrected chi connectivity index (χ2v) is 7.24. The predicted molar refractivity (Wildman–Crippen MR) is 96.0 cm³/mol. The number of rotatable bonds is 6. The van der Waals surface area contributed by atoms with Gasteiger partial charge in [-0.2, -0.15) is 0 Å². The Morgan fingerprint density at radius 2 is 2.04 bits per heavy atom.